The second-order valence-electron chi connectivity index (χ2n) is 3.62. The zero-order valence-corrected chi connectivity index (χ0v) is 12.4. The van der Waals surface area contributed by atoms with Gasteiger partial charge in [-0.2, -0.15) is 0 Å². The third kappa shape index (κ3) is 2.91. The lowest BCUT2D eigenvalue weighted by Gasteiger charge is -2.14. The van der Waals surface area contributed by atoms with Crippen molar-refractivity contribution in [3.05, 3.63) is 31.2 Å². The standard InChI is InChI=1S/C11H8Cl4O3/c1-4(2)18-11(17)6-5(3-16)7(12)9(14)10(15)8(6)13/h3-4H,1-2H3. The van der Waals surface area contributed by atoms with Gasteiger partial charge in [0.25, 0.3) is 0 Å². The SMILES string of the molecule is CC(C)OC(=O)c1c(Cl)c(Cl)c(Cl)c(Cl)c1C=O. The van der Waals surface area contributed by atoms with E-state index in [1.807, 2.05) is 0 Å². The zero-order chi connectivity index (χ0) is 14.0. The van der Waals surface area contributed by atoms with E-state index in [0.29, 0.717) is 6.29 Å². The van der Waals surface area contributed by atoms with Crippen molar-refractivity contribution in [1.29, 1.82) is 0 Å². The summed E-state index contributed by atoms with van der Waals surface area (Å²) in [5.41, 5.74) is -0.318. The van der Waals surface area contributed by atoms with Crippen LogP contribution in [0.3, 0.4) is 0 Å². The molecule has 1 aromatic carbocycles. The number of rotatable bonds is 3. The molecule has 0 aliphatic rings. The molecule has 0 bridgehead atoms. The van der Waals surface area contributed by atoms with Crippen LogP contribution in [0.2, 0.25) is 20.1 Å². The first-order chi connectivity index (χ1) is 8.31. The number of esters is 1. The Bertz CT molecular complexity index is 512. The lowest BCUT2D eigenvalue weighted by atomic mass is 10.1. The van der Waals surface area contributed by atoms with E-state index in [4.69, 9.17) is 51.1 Å². The molecule has 1 aromatic rings. The normalized spacial score (nSPS) is 10.6. The summed E-state index contributed by atoms with van der Waals surface area (Å²) in [4.78, 5) is 22.8. The Hall–Kier alpha value is -0.480. The fourth-order valence-electron chi connectivity index (χ4n) is 1.23. The fraction of sp³-hybridized carbons (Fsp3) is 0.273. The average Bonchev–Trinajstić information content (AvgIpc) is 2.29. The second-order valence-corrected chi connectivity index (χ2v) is 5.13. The molecule has 18 heavy (non-hydrogen) atoms. The predicted molar refractivity (Wildman–Crippen MR) is 72.4 cm³/mol. The molecule has 0 fully saturated rings. The predicted octanol–water partition coefficient (Wildman–Crippen LogP) is 4.68. The largest absolute Gasteiger partial charge is 0.459 e. The summed E-state index contributed by atoms with van der Waals surface area (Å²) >= 11 is 23.4. The monoisotopic (exact) mass is 328 g/mol. The molecule has 0 saturated carbocycles. The fourth-order valence-corrected chi connectivity index (χ4v) is 2.22. The van der Waals surface area contributed by atoms with Gasteiger partial charge in [0.1, 0.15) is 0 Å². The van der Waals surface area contributed by atoms with Crippen molar-refractivity contribution in [3.63, 3.8) is 0 Å². The maximum absolute atomic E-state index is 11.8. The molecule has 0 saturated heterocycles. The van der Waals surface area contributed by atoms with E-state index in [9.17, 15) is 9.59 Å². The summed E-state index contributed by atoms with van der Waals surface area (Å²) in [5.74, 6) is -0.780. The number of carbonyl (C=O) groups excluding carboxylic acids is 2. The Labute approximate surface area is 124 Å². The first-order valence-electron chi connectivity index (χ1n) is 4.83. The van der Waals surface area contributed by atoms with Gasteiger partial charge in [-0.25, -0.2) is 4.79 Å². The highest BCUT2D eigenvalue weighted by Gasteiger charge is 2.26. The van der Waals surface area contributed by atoms with E-state index in [-0.39, 0.29) is 37.3 Å². The Kier molecular flexibility index (Phi) is 5.29. The summed E-state index contributed by atoms with van der Waals surface area (Å²) in [5, 5.41) is -0.452. The number of aldehydes is 1. The van der Waals surface area contributed by atoms with Crippen LogP contribution in [0.15, 0.2) is 0 Å². The van der Waals surface area contributed by atoms with Crippen molar-refractivity contribution in [3.8, 4) is 0 Å². The van der Waals surface area contributed by atoms with Crippen molar-refractivity contribution in [2.45, 2.75) is 20.0 Å². The van der Waals surface area contributed by atoms with Gasteiger partial charge >= 0.3 is 5.97 Å². The molecule has 0 aliphatic carbocycles. The second kappa shape index (κ2) is 6.11. The minimum Gasteiger partial charge on any atom is -0.459 e. The van der Waals surface area contributed by atoms with Crippen LogP contribution in [-0.2, 0) is 4.74 Å². The van der Waals surface area contributed by atoms with Crippen molar-refractivity contribution < 1.29 is 14.3 Å². The topological polar surface area (TPSA) is 43.4 Å². The van der Waals surface area contributed by atoms with Crippen molar-refractivity contribution in [2.24, 2.45) is 0 Å². The van der Waals surface area contributed by atoms with Crippen molar-refractivity contribution >= 4 is 58.7 Å². The summed E-state index contributed by atoms with van der Waals surface area (Å²) < 4.78 is 4.97. The average molecular weight is 330 g/mol. The third-order valence-electron chi connectivity index (χ3n) is 1.97. The van der Waals surface area contributed by atoms with Gasteiger partial charge < -0.3 is 4.74 Å². The summed E-state index contributed by atoms with van der Waals surface area (Å²) in [7, 11) is 0. The van der Waals surface area contributed by atoms with Gasteiger partial charge in [0.2, 0.25) is 0 Å². The van der Waals surface area contributed by atoms with Crippen LogP contribution in [0, 0.1) is 0 Å². The Balaban J connectivity index is 3.52. The van der Waals surface area contributed by atoms with Crippen LogP contribution in [0.1, 0.15) is 34.6 Å². The maximum Gasteiger partial charge on any atom is 0.340 e. The van der Waals surface area contributed by atoms with Gasteiger partial charge in [0, 0.05) is 0 Å². The summed E-state index contributed by atoms with van der Waals surface area (Å²) in [6.07, 6.45) is 0.00849. The van der Waals surface area contributed by atoms with Gasteiger partial charge in [0.05, 0.1) is 37.3 Å². The molecule has 0 unspecified atom stereocenters. The van der Waals surface area contributed by atoms with Gasteiger partial charge in [-0.05, 0) is 13.8 Å². The van der Waals surface area contributed by atoms with Gasteiger partial charge in [-0.3, -0.25) is 4.79 Å². The lowest BCUT2D eigenvalue weighted by molar-refractivity contribution is 0.0376. The number of halogens is 4. The van der Waals surface area contributed by atoms with Crippen LogP contribution in [0.5, 0.6) is 0 Å². The van der Waals surface area contributed by atoms with Gasteiger partial charge in [-0.15, -0.1) is 0 Å². The number of ether oxygens (including phenoxy) is 1. The molecule has 0 amide bonds. The smallest absolute Gasteiger partial charge is 0.340 e. The zero-order valence-electron chi connectivity index (χ0n) is 9.39. The van der Waals surface area contributed by atoms with Crippen LogP contribution in [-0.4, -0.2) is 18.4 Å². The first kappa shape index (κ1) is 15.6. The lowest BCUT2D eigenvalue weighted by Crippen LogP contribution is -2.15. The third-order valence-corrected chi connectivity index (χ3v) is 3.78. The highest BCUT2D eigenvalue weighted by atomic mass is 35.5. The van der Waals surface area contributed by atoms with E-state index >= 15 is 0 Å². The maximum atomic E-state index is 11.8. The van der Waals surface area contributed by atoms with E-state index in [1.54, 1.807) is 13.8 Å². The molecule has 1 rings (SSSR count). The molecule has 7 heteroatoms. The van der Waals surface area contributed by atoms with Crippen LogP contribution in [0.4, 0.5) is 0 Å². The van der Waals surface area contributed by atoms with E-state index < -0.39 is 5.97 Å². The number of hydrogen-bond acceptors (Lipinski definition) is 3. The molecule has 0 N–H and O–H groups in total. The first-order valence-corrected chi connectivity index (χ1v) is 6.34. The molecule has 0 spiro atoms. The Morgan fingerprint density at radius 3 is 2.00 bits per heavy atom. The van der Waals surface area contributed by atoms with Crippen LogP contribution >= 0.6 is 46.4 Å². The van der Waals surface area contributed by atoms with Crippen LogP contribution in [0.25, 0.3) is 0 Å². The Morgan fingerprint density at radius 1 is 1.06 bits per heavy atom. The molecule has 0 aromatic heterocycles. The van der Waals surface area contributed by atoms with Crippen molar-refractivity contribution in [2.75, 3.05) is 0 Å². The highest BCUT2D eigenvalue weighted by Crippen LogP contribution is 2.41. The summed E-state index contributed by atoms with van der Waals surface area (Å²) in [6.45, 7) is 3.32. The summed E-state index contributed by atoms with van der Waals surface area (Å²) in [6, 6.07) is 0. The van der Waals surface area contributed by atoms with Crippen molar-refractivity contribution in [1.82, 2.24) is 0 Å². The van der Waals surface area contributed by atoms with E-state index in [0.717, 1.165) is 0 Å². The highest BCUT2D eigenvalue weighted by molar-refractivity contribution is 6.53. The van der Waals surface area contributed by atoms with Crippen LogP contribution < -0.4 is 0 Å². The van der Waals surface area contributed by atoms with Gasteiger partial charge in [0.15, 0.2) is 6.29 Å². The molecule has 0 aliphatic heterocycles. The van der Waals surface area contributed by atoms with E-state index in [2.05, 4.69) is 0 Å². The number of hydrogen-bond donors (Lipinski definition) is 0. The molecular weight excluding hydrogens is 322 g/mol. The quantitative estimate of drug-likeness (QED) is 0.350. The molecule has 98 valence electrons. The molecular formula is C11H8Cl4O3. The minimum absolute atomic E-state index is 0.0773. The van der Waals surface area contributed by atoms with Gasteiger partial charge in [-0.1, -0.05) is 46.4 Å². The molecule has 0 radical (unpaired) electrons. The molecule has 0 heterocycles. The number of carbonyl (C=O) groups is 2. The minimum atomic E-state index is -0.780. The molecule has 3 nitrogen and oxygen atoms in total. The Morgan fingerprint density at radius 2 is 1.56 bits per heavy atom. The number of benzene rings is 1. The molecule has 0 atom stereocenters. The van der Waals surface area contributed by atoms with E-state index in [1.165, 1.54) is 0 Å².